The molecule has 2 rings (SSSR count). The predicted molar refractivity (Wildman–Crippen MR) is 98.2 cm³/mol. The van der Waals surface area contributed by atoms with Gasteiger partial charge < -0.3 is 27.2 Å². The van der Waals surface area contributed by atoms with Crippen molar-refractivity contribution in [2.75, 3.05) is 13.2 Å². The van der Waals surface area contributed by atoms with Gasteiger partial charge in [-0.3, -0.25) is 5.32 Å². The topological polar surface area (TPSA) is 114 Å². The van der Waals surface area contributed by atoms with Crippen LogP contribution in [-0.4, -0.2) is 29.3 Å². The summed E-state index contributed by atoms with van der Waals surface area (Å²) in [5.74, 6) is 0.867. The van der Waals surface area contributed by atoms with E-state index < -0.39 is 0 Å². The molecule has 1 heterocycles. The van der Waals surface area contributed by atoms with Crippen LogP contribution in [0.4, 0.5) is 0 Å². The number of benzene rings is 1. The highest BCUT2D eigenvalue weighted by Crippen LogP contribution is 2.24. The first kappa shape index (κ1) is 18.0. The maximum atomic E-state index is 9.97. The molecule has 1 aromatic carbocycles. The van der Waals surface area contributed by atoms with Gasteiger partial charge in [-0.1, -0.05) is 26.0 Å². The van der Waals surface area contributed by atoms with E-state index in [1.54, 1.807) is 24.3 Å². The number of aromatic hydroxyl groups is 1. The number of nitrogens with two attached hydrogens (primary N) is 3. The zero-order valence-corrected chi connectivity index (χ0v) is 14.5. The lowest BCUT2D eigenvalue weighted by Gasteiger charge is -2.27. The van der Waals surface area contributed by atoms with Crippen molar-refractivity contribution in [1.82, 2.24) is 10.2 Å². The number of nitrogens with zero attached hydrogens (tertiary/aromatic N) is 1. The SMILES string of the molecule is CC[C@H]1CC(C)CN(C(/C=C(\N)c2ccccc2O)=C(N)N)CN1. The zero-order chi connectivity index (χ0) is 17.7. The maximum Gasteiger partial charge on any atom is 0.124 e. The van der Waals surface area contributed by atoms with E-state index in [1.807, 2.05) is 6.07 Å². The van der Waals surface area contributed by atoms with Crippen LogP contribution in [0.15, 0.2) is 41.9 Å². The van der Waals surface area contributed by atoms with Crippen LogP contribution in [0.1, 0.15) is 32.3 Å². The highest BCUT2D eigenvalue weighted by atomic mass is 16.3. The van der Waals surface area contributed by atoms with Crippen LogP contribution in [-0.2, 0) is 0 Å². The van der Waals surface area contributed by atoms with Crippen LogP contribution in [0.5, 0.6) is 5.75 Å². The molecule has 0 spiro atoms. The fourth-order valence-electron chi connectivity index (χ4n) is 3.12. The van der Waals surface area contributed by atoms with E-state index in [2.05, 4.69) is 24.1 Å². The van der Waals surface area contributed by atoms with Gasteiger partial charge in [-0.15, -0.1) is 0 Å². The monoisotopic (exact) mass is 331 g/mol. The number of phenols is 1. The number of allylic oxidation sites excluding steroid dienone is 1. The van der Waals surface area contributed by atoms with Gasteiger partial charge in [-0.05, 0) is 37.0 Å². The van der Waals surface area contributed by atoms with E-state index in [0.717, 1.165) is 19.4 Å². The lowest BCUT2D eigenvalue weighted by Crippen LogP contribution is -2.37. The van der Waals surface area contributed by atoms with E-state index in [0.29, 0.717) is 35.6 Å². The minimum atomic E-state index is 0.134. The summed E-state index contributed by atoms with van der Waals surface area (Å²) in [4.78, 5) is 2.11. The minimum absolute atomic E-state index is 0.134. The first-order valence-electron chi connectivity index (χ1n) is 8.41. The summed E-state index contributed by atoms with van der Waals surface area (Å²) in [6.07, 6.45) is 3.94. The number of rotatable bonds is 4. The number of hydrogen-bond acceptors (Lipinski definition) is 6. The Kier molecular flexibility index (Phi) is 5.98. The van der Waals surface area contributed by atoms with Crippen molar-refractivity contribution in [3.05, 3.63) is 47.4 Å². The van der Waals surface area contributed by atoms with Gasteiger partial charge in [0, 0.05) is 23.8 Å². The molecule has 0 aliphatic carbocycles. The Morgan fingerprint density at radius 1 is 1.33 bits per heavy atom. The van der Waals surface area contributed by atoms with Gasteiger partial charge in [0.2, 0.25) is 0 Å². The van der Waals surface area contributed by atoms with Gasteiger partial charge in [0.25, 0.3) is 0 Å². The summed E-state index contributed by atoms with van der Waals surface area (Å²) in [5.41, 5.74) is 19.7. The maximum absolute atomic E-state index is 9.97. The summed E-state index contributed by atoms with van der Waals surface area (Å²) in [5, 5.41) is 13.5. The van der Waals surface area contributed by atoms with Crippen LogP contribution in [0.2, 0.25) is 0 Å². The number of para-hydroxylation sites is 1. The first-order valence-corrected chi connectivity index (χ1v) is 8.41. The fourth-order valence-corrected chi connectivity index (χ4v) is 3.12. The Morgan fingerprint density at radius 3 is 2.67 bits per heavy atom. The van der Waals surface area contributed by atoms with Gasteiger partial charge in [0.15, 0.2) is 0 Å². The molecule has 1 unspecified atom stereocenters. The molecule has 24 heavy (non-hydrogen) atoms. The first-order chi connectivity index (χ1) is 11.4. The molecule has 0 saturated carbocycles. The Bertz CT molecular complexity index is 622. The second kappa shape index (κ2) is 7.97. The van der Waals surface area contributed by atoms with Gasteiger partial charge in [0.05, 0.1) is 12.4 Å². The van der Waals surface area contributed by atoms with E-state index in [1.165, 1.54) is 0 Å². The van der Waals surface area contributed by atoms with Gasteiger partial charge in [0.1, 0.15) is 11.6 Å². The van der Waals surface area contributed by atoms with Crippen molar-refractivity contribution in [2.45, 2.75) is 32.7 Å². The van der Waals surface area contributed by atoms with Crippen molar-refractivity contribution >= 4 is 5.70 Å². The fraction of sp³-hybridized carbons (Fsp3) is 0.444. The smallest absolute Gasteiger partial charge is 0.124 e. The second-order valence-electron chi connectivity index (χ2n) is 6.49. The van der Waals surface area contributed by atoms with Gasteiger partial charge in [-0.2, -0.15) is 0 Å². The number of nitrogens with one attached hydrogen (secondary N) is 1. The average Bonchev–Trinajstić information content (AvgIpc) is 2.73. The Hall–Kier alpha value is -2.34. The third kappa shape index (κ3) is 4.35. The third-order valence-corrected chi connectivity index (χ3v) is 4.43. The van der Waals surface area contributed by atoms with Crippen LogP contribution in [0, 0.1) is 5.92 Å². The highest BCUT2D eigenvalue weighted by Gasteiger charge is 2.22. The van der Waals surface area contributed by atoms with Gasteiger partial charge >= 0.3 is 0 Å². The summed E-state index contributed by atoms with van der Waals surface area (Å²) in [6, 6.07) is 7.44. The largest absolute Gasteiger partial charge is 0.507 e. The molecular formula is C18H29N5O. The molecule has 2 atom stereocenters. The summed E-state index contributed by atoms with van der Waals surface area (Å²) in [6.45, 7) is 5.93. The molecule has 1 saturated heterocycles. The Balaban J connectivity index is 2.29. The van der Waals surface area contributed by atoms with Crippen molar-refractivity contribution < 1.29 is 5.11 Å². The van der Waals surface area contributed by atoms with E-state index >= 15 is 0 Å². The van der Waals surface area contributed by atoms with Crippen molar-refractivity contribution in [3.8, 4) is 5.75 Å². The molecule has 0 aromatic heterocycles. The van der Waals surface area contributed by atoms with E-state index in [4.69, 9.17) is 17.2 Å². The molecule has 0 bridgehead atoms. The molecule has 1 aromatic rings. The normalized spacial score (nSPS) is 22.1. The Morgan fingerprint density at radius 2 is 2.04 bits per heavy atom. The van der Waals surface area contributed by atoms with Gasteiger partial charge in [-0.25, -0.2) is 0 Å². The van der Waals surface area contributed by atoms with Crippen molar-refractivity contribution in [3.63, 3.8) is 0 Å². The highest BCUT2D eigenvalue weighted by molar-refractivity contribution is 5.69. The second-order valence-corrected chi connectivity index (χ2v) is 6.49. The standard InChI is InChI=1S/C18H29N5O/c1-3-13-8-12(2)10-23(11-22-13)16(18(20)21)9-15(19)14-6-4-5-7-17(14)24/h4-7,9,12-13,22,24H,3,8,10-11,19-21H2,1-2H3/b15-9-/t12?,13-/m0/s1. The zero-order valence-electron chi connectivity index (χ0n) is 14.5. The molecule has 0 radical (unpaired) electrons. The molecular weight excluding hydrogens is 302 g/mol. The average molecular weight is 331 g/mol. The minimum Gasteiger partial charge on any atom is -0.507 e. The molecule has 8 N–H and O–H groups in total. The van der Waals surface area contributed by atoms with Crippen LogP contribution in [0.25, 0.3) is 5.70 Å². The quantitative estimate of drug-likeness (QED) is 0.534. The van der Waals surface area contributed by atoms with Crippen LogP contribution < -0.4 is 22.5 Å². The lowest BCUT2D eigenvalue weighted by molar-refractivity contribution is 0.312. The summed E-state index contributed by atoms with van der Waals surface area (Å²) >= 11 is 0. The molecule has 1 fully saturated rings. The summed E-state index contributed by atoms with van der Waals surface area (Å²) < 4.78 is 0. The molecule has 132 valence electrons. The number of hydrogen-bond donors (Lipinski definition) is 5. The predicted octanol–water partition coefficient (Wildman–Crippen LogP) is 1.45. The molecule has 6 nitrogen and oxygen atoms in total. The van der Waals surface area contributed by atoms with E-state index in [9.17, 15) is 5.11 Å². The van der Waals surface area contributed by atoms with E-state index in [-0.39, 0.29) is 11.6 Å². The number of phenolic OH excluding ortho intramolecular Hbond substituents is 1. The molecule has 0 amide bonds. The third-order valence-electron chi connectivity index (χ3n) is 4.43. The van der Waals surface area contributed by atoms with Crippen molar-refractivity contribution in [1.29, 1.82) is 0 Å². The molecule has 6 heteroatoms. The van der Waals surface area contributed by atoms with Crippen LogP contribution in [0.3, 0.4) is 0 Å². The lowest BCUT2D eigenvalue weighted by atomic mass is 10.0. The van der Waals surface area contributed by atoms with Crippen molar-refractivity contribution in [2.24, 2.45) is 23.1 Å². The summed E-state index contributed by atoms with van der Waals surface area (Å²) in [7, 11) is 0. The molecule has 1 aliphatic heterocycles. The molecule has 1 aliphatic rings. The van der Waals surface area contributed by atoms with Crippen LogP contribution >= 0.6 is 0 Å². The Labute approximate surface area is 144 Å².